The number of aromatic nitrogens is 1. The van der Waals surface area contributed by atoms with Crippen molar-refractivity contribution in [3.05, 3.63) is 65.7 Å². The van der Waals surface area contributed by atoms with Gasteiger partial charge in [0.2, 0.25) is 0 Å². The van der Waals surface area contributed by atoms with Crippen molar-refractivity contribution in [1.29, 1.82) is 0 Å². The molecule has 0 atom stereocenters. The number of aryl methyl sites for hydroxylation is 1. The normalized spacial score (nSPS) is 18.3. The molecule has 6 heteroatoms. The van der Waals surface area contributed by atoms with Crippen LogP contribution >= 0.6 is 0 Å². The van der Waals surface area contributed by atoms with Crippen molar-refractivity contribution < 1.29 is 14.4 Å². The van der Waals surface area contributed by atoms with Crippen LogP contribution in [0.5, 0.6) is 0 Å². The summed E-state index contributed by atoms with van der Waals surface area (Å²) in [4.78, 5) is 6.51. The van der Waals surface area contributed by atoms with E-state index in [1.165, 1.54) is 5.56 Å². The van der Waals surface area contributed by atoms with Crippen LogP contribution in [-0.4, -0.2) is 47.1 Å². The average molecular weight is 389 g/mol. The van der Waals surface area contributed by atoms with Crippen LogP contribution in [-0.2, 0) is 17.7 Å². The first-order valence-electron chi connectivity index (χ1n) is 9.99. The Hall–Kier alpha value is -2.96. The summed E-state index contributed by atoms with van der Waals surface area (Å²) in [5.41, 5.74) is 6.19. The van der Waals surface area contributed by atoms with Gasteiger partial charge in [-0.1, -0.05) is 17.3 Å². The highest BCUT2D eigenvalue weighted by atomic mass is 16.5. The number of morpholine rings is 1. The number of benzene rings is 1. The molecule has 0 amide bonds. The van der Waals surface area contributed by atoms with Crippen molar-refractivity contribution in [2.24, 2.45) is 5.16 Å². The molecule has 0 spiro atoms. The Bertz CT molecular complexity index is 1040. The summed E-state index contributed by atoms with van der Waals surface area (Å²) in [5, 5.41) is 12.6. The lowest BCUT2D eigenvalue weighted by atomic mass is 9.99. The molecular weight excluding hydrogens is 366 g/mol. The number of ether oxygens (including phenoxy) is 1. The molecule has 6 nitrogen and oxygen atoms in total. The third-order valence-corrected chi connectivity index (χ3v) is 5.69. The van der Waals surface area contributed by atoms with Gasteiger partial charge in [0.1, 0.15) is 11.5 Å². The minimum Gasteiger partial charge on any atom is -0.459 e. The number of hydrogen-bond acceptors (Lipinski definition) is 6. The van der Waals surface area contributed by atoms with E-state index in [1.54, 1.807) is 12.4 Å². The van der Waals surface area contributed by atoms with Crippen LogP contribution in [0, 0.1) is 0 Å². The smallest absolute Gasteiger partial charge is 0.142 e. The third kappa shape index (κ3) is 3.57. The zero-order valence-corrected chi connectivity index (χ0v) is 16.2. The number of rotatable bonds is 4. The second kappa shape index (κ2) is 7.81. The fraction of sp³-hybridized carbons (Fsp3) is 0.304. The van der Waals surface area contributed by atoms with E-state index in [9.17, 15) is 5.21 Å². The number of furan rings is 1. The molecule has 0 bridgehead atoms. The Morgan fingerprint density at radius 2 is 1.79 bits per heavy atom. The number of fused-ring (bicyclic) bond motifs is 1. The predicted molar refractivity (Wildman–Crippen MR) is 110 cm³/mol. The van der Waals surface area contributed by atoms with E-state index in [2.05, 4.69) is 33.2 Å². The van der Waals surface area contributed by atoms with Crippen LogP contribution in [0.4, 0.5) is 0 Å². The molecule has 3 heterocycles. The predicted octanol–water partition coefficient (Wildman–Crippen LogP) is 3.97. The highest BCUT2D eigenvalue weighted by Gasteiger charge is 2.22. The molecule has 3 aromatic rings. The highest BCUT2D eigenvalue weighted by Crippen LogP contribution is 2.37. The van der Waals surface area contributed by atoms with E-state index in [0.717, 1.165) is 85.2 Å². The Kier molecular flexibility index (Phi) is 4.87. The lowest BCUT2D eigenvalue weighted by Gasteiger charge is -2.25. The summed E-state index contributed by atoms with van der Waals surface area (Å²) in [6, 6.07) is 12.4. The first kappa shape index (κ1) is 18.1. The van der Waals surface area contributed by atoms with E-state index < -0.39 is 0 Å². The van der Waals surface area contributed by atoms with Gasteiger partial charge in [0.25, 0.3) is 0 Å². The highest BCUT2D eigenvalue weighted by molar-refractivity contribution is 6.04. The minimum absolute atomic E-state index is 0.758. The average Bonchev–Trinajstić information content (AvgIpc) is 3.38. The number of hydrogen-bond donors (Lipinski definition) is 1. The first-order valence-corrected chi connectivity index (χ1v) is 9.99. The van der Waals surface area contributed by atoms with Crippen LogP contribution < -0.4 is 0 Å². The maximum atomic E-state index is 9.20. The molecule has 1 saturated heterocycles. The number of oxime groups is 1. The summed E-state index contributed by atoms with van der Waals surface area (Å²) in [5.74, 6) is 1.82. The van der Waals surface area contributed by atoms with Gasteiger partial charge in [0.05, 0.1) is 25.5 Å². The molecule has 1 N–H and O–H groups in total. The van der Waals surface area contributed by atoms with Gasteiger partial charge in [-0.15, -0.1) is 0 Å². The molecule has 1 aromatic carbocycles. The zero-order valence-electron chi connectivity index (χ0n) is 16.2. The lowest BCUT2D eigenvalue weighted by molar-refractivity contribution is 0.0314. The Morgan fingerprint density at radius 1 is 0.966 bits per heavy atom. The van der Waals surface area contributed by atoms with Crippen molar-refractivity contribution in [3.63, 3.8) is 0 Å². The van der Waals surface area contributed by atoms with Crippen LogP contribution in [0.25, 0.3) is 22.5 Å². The van der Waals surface area contributed by atoms with Crippen LogP contribution in [0.3, 0.4) is 0 Å². The van der Waals surface area contributed by atoms with E-state index >= 15 is 0 Å². The molecule has 0 saturated carbocycles. The van der Waals surface area contributed by atoms with Gasteiger partial charge in [-0.2, -0.15) is 0 Å². The fourth-order valence-electron chi connectivity index (χ4n) is 4.17. The molecule has 1 aliphatic heterocycles. The maximum absolute atomic E-state index is 9.20. The van der Waals surface area contributed by atoms with Gasteiger partial charge < -0.3 is 14.4 Å². The van der Waals surface area contributed by atoms with Crippen molar-refractivity contribution in [2.75, 3.05) is 26.3 Å². The van der Waals surface area contributed by atoms with Gasteiger partial charge >= 0.3 is 0 Å². The van der Waals surface area contributed by atoms with Crippen molar-refractivity contribution >= 4 is 5.71 Å². The molecule has 0 unspecified atom stereocenters. The molecule has 1 fully saturated rings. The minimum atomic E-state index is 0.758. The van der Waals surface area contributed by atoms with Gasteiger partial charge in [0.15, 0.2) is 0 Å². The van der Waals surface area contributed by atoms with E-state index in [1.807, 2.05) is 18.2 Å². The molecule has 29 heavy (non-hydrogen) atoms. The largest absolute Gasteiger partial charge is 0.459 e. The van der Waals surface area contributed by atoms with Gasteiger partial charge in [-0.25, -0.2) is 0 Å². The number of nitrogens with zero attached hydrogens (tertiary/aromatic N) is 3. The summed E-state index contributed by atoms with van der Waals surface area (Å²) in [6.07, 6.45) is 5.27. The third-order valence-electron chi connectivity index (χ3n) is 5.69. The zero-order chi connectivity index (χ0) is 19.6. The summed E-state index contributed by atoms with van der Waals surface area (Å²) in [7, 11) is 0. The Morgan fingerprint density at radius 3 is 2.59 bits per heavy atom. The second-order valence-electron chi connectivity index (χ2n) is 7.50. The Balaban J connectivity index is 1.54. The molecule has 0 radical (unpaired) electrons. The van der Waals surface area contributed by atoms with Crippen LogP contribution in [0.15, 0.2) is 58.4 Å². The van der Waals surface area contributed by atoms with Crippen LogP contribution in [0.1, 0.15) is 23.3 Å². The quantitative estimate of drug-likeness (QED) is 0.540. The molecule has 2 aliphatic rings. The van der Waals surface area contributed by atoms with Gasteiger partial charge in [-0.3, -0.25) is 9.88 Å². The number of pyridine rings is 1. The van der Waals surface area contributed by atoms with Crippen molar-refractivity contribution in [3.8, 4) is 22.5 Å². The standard InChI is InChI=1S/C23H23N3O3/c27-25-22-4-2-17-13-18(1-3-20(17)22)23-21(16-5-7-24-8-6-16)14-19(29-23)15-26-9-11-28-12-10-26/h1,3,5-8,13-14,27H,2,4,9-12,15H2/b25-22+. The molecule has 1 aliphatic carbocycles. The lowest BCUT2D eigenvalue weighted by Crippen LogP contribution is -2.35. The molecule has 5 rings (SSSR count). The fourth-order valence-corrected chi connectivity index (χ4v) is 4.17. The summed E-state index contributed by atoms with van der Waals surface area (Å²) in [6.45, 7) is 4.15. The molecule has 148 valence electrons. The van der Waals surface area contributed by atoms with Gasteiger partial charge in [-0.05, 0) is 48.2 Å². The Labute approximate surface area is 169 Å². The maximum Gasteiger partial charge on any atom is 0.142 e. The monoisotopic (exact) mass is 389 g/mol. The van der Waals surface area contributed by atoms with Crippen LogP contribution in [0.2, 0.25) is 0 Å². The first-order chi connectivity index (χ1) is 14.3. The van der Waals surface area contributed by atoms with E-state index in [0.29, 0.717) is 0 Å². The summed E-state index contributed by atoms with van der Waals surface area (Å²) >= 11 is 0. The van der Waals surface area contributed by atoms with E-state index in [-0.39, 0.29) is 0 Å². The topological polar surface area (TPSA) is 71.1 Å². The van der Waals surface area contributed by atoms with Gasteiger partial charge in [0, 0.05) is 42.2 Å². The summed E-state index contributed by atoms with van der Waals surface area (Å²) < 4.78 is 11.8. The van der Waals surface area contributed by atoms with Crippen molar-refractivity contribution in [2.45, 2.75) is 19.4 Å². The molecule has 2 aromatic heterocycles. The van der Waals surface area contributed by atoms with E-state index in [4.69, 9.17) is 9.15 Å². The molecular formula is C23H23N3O3. The van der Waals surface area contributed by atoms with Crippen molar-refractivity contribution in [1.82, 2.24) is 9.88 Å². The second-order valence-corrected chi connectivity index (χ2v) is 7.50. The SMILES string of the molecule is O/N=C1\CCc2cc(-c3oc(CN4CCOCC4)cc3-c3ccncc3)ccc21.